The van der Waals surface area contributed by atoms with Crippen LogP contribution < -0.4 is 14.4 Å². The number of carbonyl (C=O) groups excluding carboxylic acids is 1. The molecule has 25 heavy (non-hydrogen) atoms. The topological polar surface area (TPSA) is 59.0 Å². The van der Waals surface area contributed by atoms with Gasteiger partial charge in [0.2, 0.25) is 0 Å². The van der Waals surface area contributed by atoms with Gasteiger partial charge in [0.1, 0.15) is 11.5 Å². The van der Waals surface area contributed by atoms with Gasteiger partial charge in [0.25, 0.3) is 5.91 Å². The minimum absolute atomic E-state index is 0.144. The molecule has 1 N–H and O–H groups in total. The summed E-state index contributed by atoms with van der Waals surface area (Å²) >= 11 is 0. The second kappa shape index (κ2) is 6.61. The van der Waals surface area contributed by atoms with Crippen molar-refractivity contribution in [3.63, 3.8) is 0 Å². The molecule has 2 aromatic carbocycles. The van der Waals surface area contributed by atoms with Gasteiger partial charge >= 0.3 is 0 Å². The molecule has 0 saturated carbocycles. The maximum Gasteiger partial charge on any atom is 0.264 e. The molecule has 5 heteroatoms. The summed E-state index contributed by atoms with van der Waals surface area (Å²) in [7, 11) is 3.16. The average molecular weight is 339 g/mol. The van der Waals surface area contributed by atoms with Gasteiger partial charge in [0, 0.05) is 12.0 Å². The SMILES string of the molecule is C=CCC1(O)C(=O)N(Cc2ccc(OC)cc2)c2ccc(OC)cc21. The van der Waals surface area contributed by atoms with Crippen molar-refractivity contribution in [1.29, 1.82) is 0 Å². The Kier molecular flexibility index (Phi) is 4.51. The molecular formula is C20H21NO4. The van der Waals surface area contributed by atoms with Gasteiger partial charge in [-0.15, -0.1) is 6.58 Å². The maximum atomic E-state index is 13.0. The highest BCUT2D eigenvalue weighted by Gasteiger charge is 2.49. The number of hydrogen-bond donors (Lipinski definition) is 1. The summed E-state index contributed by atoms with van der Waals surface area (Å²) in [5, 5.41) is 11.0. The van der Waals surface area contributed by atoms with E-state index in [0.29, 0.717) is 23.5 Å². The van der Waals surface area contributed by atoms with Gasteiger partial charge in [0.15, 0.2) is 5.60 Å². The van der Waals surface area contributed by atoms with Crippen LogP contribution in [0, 0.1) is 0 Å². The van der Waals surface area contributed by atoms with E-state index in [9.17, 15) is 9.90 Å². The number of ether oxygens (including phenoxy) is 2. The third-order valence-electron chi connectivity index (χ3n) is 4.48. The number of methoxy groups -OCH3 is 2. The fourth-order valence-corrected chi connectivity index (χ4v) is 3.13. The fourth-order valence-electron chi connectivity index (χ4n) is 3.13. The largest absolute Gasteiger partial charge is 0.497 e. The van der Waals surface area contributed by atoms with E-state index in [1.807, 2.05) is 24.3 Å². The fraction of sp³-hybridized carbons (Fsp3) is 0.250. The highest BCUT2D eigenvalue weighted by molar-refractivity contribution is 6.07. The summed E-state index contributed by atoms with van der Waals surface area (Å²) in [6.45, 7) is 4.03. The lowest BCUT2D eigenvalue weighted by molar-refractivity contribution is -0.135. The van der Waals surface area contributed by atoms with Gasteiger partial charge < -0.3 is 19.5 Å². The van der Waals surface area contributed by atoms with Gasteiger partial charge in [-0.05, 0) is 35.9 Å². The van der Waals surface area contributed by atoms with Crippen LogP contribution in [-0.4, -0.2) is 25.2 Å². The lowest BCUT2D eigenvalue weighted by atomic mass is 9.92. The molecule has 1 heterocycles. The van der Waals surface area contributed by atoms with Crippen molar-refractivity contribution >= 4 is 11.6 Å². The van der Waals surface area contributed by atoms with Gasteiger partial charge in [-0.3, -0.25) is 4.79 Å². The zero-order valence-electron chi connectivity index (χ0n) is 14.4. The Morgan fingerprint density at radius 1 is 1.12 bits per heavy atom. The van der Waals surface area contributed by atoms with Crippen molar-refractivity contribution in [3.05, 3.63) is 66.2 Å². The van der Waals surface area contributed by atoms with Crippen molar-refractivity contribution in [1.82, 2.24) is 0 Å². The Morgan fingerprint density at radius 2 is 1.76 bits per heavy atom. The molecule has 0 fully saturated rings. The van der Waals surface area contributed by atoms with E-state index in [4.69, 9.17) is 9.47 Å². The van der Waals surface area contributed by atoms with Gasteiger partial charge in [-0.2, -0.15) is 0 Å². The molecule has 1 aliphatic heterocycles. The normalized spacial score (nSPS) is 18.8. The molecule has 1 aliphatic rings. The number of anilines is 1. The molecule has 0 saturated heterocycles. The standard InChI is InChI=1S/C20H21NO4/c1-4-11-20(23)17-12-16(25-3)9-10-18(17)21(19(20)22)13-14-5-7-15(24-2)8-6-14/h4-10,12,23H,1,11,13H2,2-3H3. The number of rotatable bonds is 6. The van der Waals surface area contributed by atoms with Crippen LogP contribution in [0.15, 0.2) is 55.1 Å². The van der Waals surface area contributed by atoms with E-state index in [2.05, 4.69) is 6.58 Å². The van der Waals surface area contributed by atoms with E-state index in [-0.39, 0.29) is 12.3 Å². The van der Waals surface area contributed by atoms with E-state index < -0.39 is 5.60 Å². The van der Waals surface area contributed by atoms with Crippen molar-refractivity contribution in [2.75, 3.05) is 19.1 Å². The van der Waals surface area contributed by atoms with Crippen LogP contribution >= 0.6 is 0 Å². The summed E-state index contributed by atoms with van der Waals surface area (Å²) in [6, 6.07) is 12.8. The highest BCUT2D eigenvalue weighted by atomic mass is 16.5. The van der Waals surface area contributed by atoms with Crippen LogP contribution in [0.3, 0.4) is 0 Å². The smallest absolute Gasteiger partial charge is 0.264 e. The number of fused-ring (bicyclic) bond motifs is 1. The molecule has 0 radical (unpaired) electrons. The van der Waals surface area contributed by atoms with Gasteiger partial charge in [-0.1, -0.05) is 18.2 Å². The molecule has 1 unspecified atom stereocenters. The first-order valence-corrected chi connectivity index (χ1v) is 8.00. The number of carbonyl (C=O) groups is 1. The number of aliphatic hydroxyl groups is 1. The second-order valence-electron chi connectivity index (χ2n) is 5.98. The van der Waals surface area contributed by atoms with Gasteiger partial charge in [0.05, 0.1) is 26.5 Å². The minimum atomic E-state index is -1.61. The first-order valence-electron chi connectivity index (χ1n) is 8.00. The number of amides is 1. The van der Waals surface area contributed by atoms with Crippen LogP contribution in [-0.2, 0) is 16.9 Å². The third-order valence-corrected chi connectivity index (χ3v) is 4.48. The van der Waals surface area contributed by atoms with E-state index in [1.54, 1.807) is 43.4 Å². The van der Waals surface area contributed by atoms with E-state index in [0.717, 1.165) is 11.3 Å². The van der Waals surface area contributed by atoms with Crippen LogP contribution in [0.2, 0.25) is 0 Å². The maximum absolute atomic E-state index is 13.0. The summed E-state index contributed by atoms with van der Waals surface area (Å²) in [6.07, 6.45) is 1.70. The van der Waals surface area contributed by atoms with E-state index >= 15 is 0 Å². The molecule has 0 bridgehead atoms. The van der Waals surface area contributed by atoms with Crippen LogP contribution in [0.1, 0.15) is 17.5 Å². The number of hydrogen-bond acceptors (Lipinski definition) is 4. The Balaban J connectivity index is 2.00. The Bertz CT molecular complexity index is 800. The lowest BCUT2D eigenvalue weighted by Crippen LogP contribution is -2.39. The Morgan fingerprint density at radius 3 is 2.36 bits per heavy atom. The molecule has 130 valence electrons. The quantitative estimate of drug-likeness (QED) is 0.822. The summed E-state index contributed by atoms with van der Waals surface area (Å²) in [4.78, 5) is 14.6. The van der Waals surface area contributed by atoms with Crippen molar-refractivity contribution in [2.24, 2.45) is 0 Å². The Labute approximate surface area is 147 Å². The van der Waals surface area contributed by atoms with Crippen molar-refractivity contribution < 1.29 is 19.4 Å². The monoisotopic (exact) mass is 339 g/mol. The second-order valence-corrected chi connectivity index (χ2v) is 5.98. The molecule has 1 amide bonds. The van der Waals surface area contributed by atoms with Crippen LogP contribution in [0.5, 0.6) is 11.5 Å². The van der Waals surface area contributed by atoms with E-state index in [1.165, 1.54) is 0 Å². The van der Waals surface area contributed by atoms with Crippen molar-refractivity contribution in [3.8, 4) is 11.5 Å². The summed E-state index contributed by atoms with van der Waals surface area (Å²) in [5.41, 5.74) is 0.563. The van der Waals surface area contributed by atoms with Crippen LogP contribution in [0.25, 0.3) is 0 Å². The molecule has 1 atom stereocenters. The third kappa shape index (κ3) is 2.87. The highest BCUT2D eigenvalue weighted by Crippen LogP contribution is 2.44. The predicted octanol–water partition coefficient (Wildman–Crippen LogP) is 3.01. The molecule has 5 nitrogen and oxygen atoms in total. The molecule has 0 aromatic heterocycles. The number of benzene rings is 2. The minimum Gasteiger partial charge on any atom is -0.497 e. The Hall–Kier alpha value is -2.79. The zero-order chi connectivity index (χ0) is 18.0. The lowest BCUT2D eigenvalue weighted by Gasteiger charge is -2.22. The summed E-state index contributed by atoms with van der Waals surface area (Å²) in [5.74, 6) is 0.997. The average Bonchev–Trinajstić information content (AvgIpc) is 2.84. The molecule has 0 aliphatic carbocycles. The molecule has 2 aromatic rings. The first-order chi connectivity index (χ1) is 12.0. The van der Waals surface area contributed by atoms with Crippen molar-refractivity contribution in [2.45, 2.75) is 18.6 Å². The zero-order valence-corrected chi connectivity index (χ0v) is 14.4. The molecular weight excluding hydrogens is 318 g/mol. The predicted molar refractivity (Wildman–Crippen MR) is 95.9 cm³/mol. The van der Waals surface area contributed by atoms with Gasteiger partial charge in [-0.25, -0.2) is 0 Å². The van der Waals surface area contributed by atoms with Crippen LogP contribution in [0.4, 0.5) is 5.69 Å². The molecule has 0 spiro atoms. The number of nitrogens with zero attached hydrogens (tertiary/aromatic N) is 1. The first kappa shape index (κ1) is 17.0. The summed E-state index contributed by atoms with van der Waals surface area (Å²) < 4.78 is 10.4. The molecule has 3 rings (SSSR count).